The Hall–Kier alpha value is -2.64. The molecule has 142 valence electrons. The molecule has 0 aliphatic heterocycles. The monoisotopic (exact) mass is 430 g/mol. The van der Waals surface area contributed by atoms with Crippen LogP contribution in [0.25, 0.3) is 11.1 Å². The van der Waals surface area contributed by atoms with Crippen LogP contribution in [0.1, 0.15) is 16.7 Å². The summed E-state index contributed by atoms with van der Waals surface area (Å²) < 4.78 is 1.15. The summed E-state index contributed by atoms with van der Waals surface area (Å²) in [7, 11) is 0. The van der Waals surface area contributed by atoms with E-state index in [4.69, 9.17) is 0 Å². The highest BCUT2D eigenvalue weighted by Crippen LogP contribution is 2.18. The van der Waals surface area contributed by atoms with Gasteiger partial charge in [0.1, 0.15) is 0 Å². The fourth-order valence-electron chi connectivity index (χ4n) is 2.52. The maximum Gasteiger partial charge on any atom is 0.0177 e. The van der Waals surface area contributed by atoms with E-state index in [1.807, 2.05) is 36.4 Å². The van der Waals surface area contributed by atoms with Gasteiger partial charge in [0.25, 0.3) is 0 Å². The second-order valence-electron chi connectivity index (χ2n) is 6.69. The molecule has 1 heteroatoms. The molecule has 0 fully saturated rings. The highest BCUT2D eigenvalue weighted by molar-refractivity contribution is 9.10. The minimum Gasteiger partial charge on any atom is -0.0622 e. The van der Waals surface area contributed by atoms with Gasteiger partial charge >= 0.3 is 0 Å². The summed E-state index contributed by atoms with van der Waals surface area (Å²) in [5.74, 6) is 0. The maximum atomic E-state index is 3.36. The first-order valence-corrected chi connectivity index (χ1v) is 10.2. The first kappa shape index (κ1) is 21.7. The summed E-state index contributed by atoms with van der Waals surface area (Å²) in [5.41, 5.74) is 6.48. The molecule has 0 atom stereocenters. The van der Waals surface area contributed by atoms with Gasteiger partial charge in [0.05, 0.1) is 0 Å². The quantitative estimate of drug-likeness (QED) is 0.284. The Bertz CT molecular complexity index is 909. The molecule has 0 aliphatic rings. The van der Waals surface area contributed by atoms with Crippen LogP contribution in [0.4, 0.5) is 0 Å². The molecule has 4 aromatic carbocycles. The number of halogens is 1. The highest BCUT2D eigenvalue weighted by atomic mass is 79.9. The molecule has 0 aliphatic carbocycles. The van der Waals surface area contributed by atoms with Crippen molar-refractivity contribution in [3.05, 3.63) is 130 Å². The van der Waals surface area contributed by atoms with Crippen LogP contribution in [0.2, 0.25) is 0 Å². The summed E-state index contributed by atoms with van der Waals surface area (Å²) in [6.45, 7) is 6.26. The third kappa shape index (κ3) is 8.37. The average Bonchev–Trinajstić information content (AvgIpc) is 2.71. The molecule has 0 saturated heterocycles. The van der Waals surface area contributed by atoms with Gasteiger partial charge in [-0.05, 0) is 44.0 Å². The summed E-state index contributed by atoms with van der Waals surface area (Å²) in [5, 5.41) is 0. The second kappa shape index (κ2) is 11.9. The van der Waals surface area contributed by atoms with E-state index in [0.717, 1.165) is 4.47 Å². The zero-order valence-corrected chi connectivity index (χ0v) is 18.4. The fourth-order valence-corrected chi connectivity index (χ4v) is 3.03. The lowest BCUT2D eigenvalue weighted by molar-refractivity contribution is 1.45. The predicted molar refractivity (Wildman–Crippen MR) is 127 cm³/mol. The maximum absolute atomic E-state index is 3.36. The van der Waals surface area contributed by atoms with Crippen molar-refractivity contribution in [2.75, 3.05) is 0 Å². The standard InChI is InChI=1S/C13H12.C7H7Br.C7H8/c1-11-7-9-13(10-8-11)12-5-3-2-4-6-12;1-6-3-2-4-7(8)5-6;1-7-5-3-2-4-6-7/h2-10H,1H3;2-5H,1H3;2-6H,1H3. The number of benzene rings is 4. The van der Waals surface area contributed by atoms with Gasteiger partial charge in [-0.1, -0.05) is 130 Å². The van der Waals surface area contributed by atoms with Gasteiger partial charge in [0.2, 0.25) is 0 Å². The van der Waals surface area contributed by atoms with Crippen molar-refractivity contribution in [3.63, 3.8) is 0 Å². The van der Waals surface area contributed by atoms with Crippen molar-refractivity contribution in [1.29, 1.82) is 0 Å². The van der Waals surface area contributed by atoms with E-state index in [0.29, 0.717) is 0 Å². The Morgan fingerprint density at radius 1 is 0.429 bits per heavy atom. The van der Waals surface area contributed by atoms with Crippen LogP contribution in [0.5, 0.6) is 0 Å². The van der Waals surface area contributed by atoms with Crippen molar-refractivity contribution >= 4 is 15.9 Å². The van der Waals surface area contributed by atoms with Crippen LogP contribution < -0.4 is 0 Å². The molecule has 0 heterocycles. The average molecular weight is 431 g/mol. The van der Waals surface area contributed by atoms with Gasteiger partial charge in [0, 0.05) is 4.47 Å². The molecular formula is C27H27Br. The fraction of sp³-hybridized carbons (Fsp3) is 0.111. The smallest absolute Gasteiger partial charge is 0.0177 e. The molecule has 0 aromatic heterocycles. The van der Waals surface area contributed by atoms with Crippen LogP contribution in [0.3, 0.4) is 0 Å². The summed E-state index contributed by atoms with van der Waals surface area (Å²) in [6, 6.07) is 37.5. The van der Waals surface area contributed by atoms with Crippen molar-refractivity contribution in [3.8, 4) is 11.1 Å². The third-order valence-corrected chi connectivity index (χ3v) is 4.57. The molecule has 0 unspecified atom stereocenters. The van der Waals surface area contributed by atoms with E-state index in [2.05, 4.69) is 109 Å². The van der Waals surface area contributed by atoms with Crippen LogP contribution in [-0.2, 0) is 0 Å². The summed E-state index contributed by atoms with van der Waals surface area (Å²) >= 11 is 3.36. The number of rotatable bonds is 1. The zero-order valence-electron chi connectivity index (χ0n) is 16.8. The highest BCUT2D eigenvalue weighted by Gasteiger charge is 1.93. The van der Waals surface area contributed by atoms with Gasteiger partial charge < -0.3 is 0 Å². The first-order chi connectivity index (χ1) is 13.5. The van der Waals surface area contributed by atoms with E-state index in [-0.39, 0.29) is 0 Å². The minimum absolute atomic E-state index is 1.15. The van der Waals surface area contributed by atoms with E-state index < -0.39 is 0 Å². The molecule has 0 radical (unpaired) electrons. The molecule has 0 bridgehead atoms. The molecule has 4 aromatic rings. The van der Waals surface area contributed by atoms with Crippen molar-refractivity contribution in [2.24, 2.45) is 0 Å². The van der Waals surface area contributed by atoms with Gasteiger partial charge in [-0.25, -0.2) is 0 Å². The van der Waals surface area contributed by atoms with Crippen LogP contribution >= 0.6 is 15.9 Å². The molecule has 0 nitrogen and oxygen atoms in total. The molecular weight excluding hydrogens is 404 g/mol. The second-order valence-corrected chi connectivity index (χ2v) is 7.60. The Morgan fingerprint density at radius 2 is 0.893 bits per heavy atom. The van der Waals surface area contributed by atoms with Crippen LogP contribution in [0, 0.1) is 20.8 Å². The first-order valence-electron chi connectivity index (χ1n) is 9.40. The lowest BCUT2D eigenvalue weighted by Crippen LogP contribution is -1.76. The Balaban J connectivity index is 0.000000161. The lowest BCUT2D eigenvalue weighted by atomic mass is 10.0. The summed E-state index contributed by atoms with van der Waals surface area (Å²) in [4.78, 5) is 0. The molecule has 4 rings (SSSR count). The zero-order chi connectivity index (χ0) is 20.2. The van der Waals surface area contributed by atoms with E-state index in [9.17, 15) is 0 Å². The molecule has 0 saturated carbocycles. The van der Waals surface area contributed by atoms with Gasteiger partial charge in [0.15, 0.2) is 0 Å². The van der Waals surface area contributed by atoms with Crippen molar-refractivity contribution in [2.45, 2.75) is 20.8 Å². The van der Waals surface area contributed by atoms with E-state index in [1.54, 1.807) is 0 Å². The largest absolute Gasteiger partial charge is 0.0622 e. The van der Waals surface area contributed by atoms with E-state index in [1.165, 1.54) is 27.8 Å². The molecule has 28 heavy (non-hydrogen) atoms. The van der Waals surface area contributed by atoms with Gasteiger partial charge in [-0.15, -0.1) is 0 Å². The Morgan fingerprint density at radius 3 is 1.32 bits per heavy atom. The van der Waals surface area contributed by atoms with Gasteiger partial charge in [-0.2, -0.15) is 0 Å². The lowest BCUT2D eigenvalue weighted by Gasteiger charge is -2.00. The molecule has 0 N–H and O–H groups in total. The van der Waals surface area contributed by atoms with Crippen LogP contribution in [-0.4, -0.2) is 0 Å². The normalized spacial score (nSPS) is 9.43. The van der Waals surface area contributed by atoms with E-state index >= 15 is 0 Å². The number of hydrogen-bond donors (Lipinski definition) is 0. The van der Waals surface area contributed by atoms with Crippen molar-refractivity contribution in [1.82, 2.24) is 0 Å². The van der Waals surface area contributed by atoms with Crippen molar-refractivity contribution < 1.29 is 0 Å². The number of hydrogen-bond acceptors (Lipinski definition) is 0. The SMILES string of the molecule is Cc1ccc(-c2ccccc2)cc1.Cc1cccc(Br)c1.Cc1ccccc1. The Labute approximate surface area is 178 Å². The predicted octanol–water partition coefficient (Wildman–Crippen LogP) is 8.41. The molecule has 0 amide bonds. The van der Waals surface area contributed by atoms with Crippen LogP contribution in [0.15, 0.2) is 114 Å². The topological polar surface area (TPSA) is 0 Å². The minimum atomic E-state index is 1.15. The number of aryl methyl sites for hydroxylation is 3. The molecule has 0 spiro atoms. The summed E-state index contributed by atoms with van der Waals surface area (Å²) in [6.07, 6.45) is 0. The third-order valence-electron chi connectivity index (χ3n) is 4.08. The Kier molecular flexibility index (Phi) is 9.24. The van der Waals surface area contributed by atoms with Gasteiger partial charge in [-0.3, -0.25) is 0 Å².